The molecule has 1 N–H and O–H groups in total. The van der Waals surface area contributed by atoms with E-state index in [1.54, 1.807) is 12.1 Å². The van der Waals surface area contributed by atoms with E-state index in [9.17, 15) is 18.0 Å². The quantitative estimate of drug-likeness (QED) is 0.768. The number of hydrazone groups is 1. The highest BCUT2D eigenvalue weighted by Crippen LogP contribution is 2.21. The molecule has 0 saturated carbocycles. The van der Waals surface area contributed by atoms with Crippen molar-refractivity contribution in [1.82, 2.24) is 14.2 Å². The molecule has 0 unspecified atom stereocenters. The van der Waals surface area contributed by atoms with Crippen LogP contribution in [0.2, 0.25) is 0 Å². The Bertz CT molecular complexity index is 891. The molecular weight excluding hydrogens is 382 g/mol. The highest BCUT2D eigenvalue weighted by Gasteiger charge is 2.28. The average molecular weight is 407 g/mol. The van der Waals surface area contributed by atoms with Gasteiger partial charge in [0.05, 0.1) is 4.90 Å². The molecule has 9 nitrogen and oxygen atoms in total. The van der Waals surface area contributed by atoms with Gasteiger partial charge in [0.25, 0.3) is 5.91 Å². The zero-order chi connectivity index (χ0) is 20.3. The first kappa shape index (κ1) is 20.4. The molecule has 2 amide bonds. The fraction of sp³-hybridized carbons (Fsp3) is 0.500. The van der Waals surface area contributed by atoms with Gasteiger partial charge in [-0.05, 0) is 24.7 Å². The van der Waals surface area contributed by atoms with Gasteiger partial charge in [0.2, 0.25) is 15.9 Å². The molecule has 1 aromatic rings. The van der Waals surface area contributed by atoms with Crippen molar-refractivity contribution in [1.29, 1.82) is 0 Å². The number of likely N-dealkylation sites (N-methyl/N-ethyl adjacent to an activating group) is 1. The van der Waals surface area contributed by atoms with Gasteiger partial charge in [0.15, 0.2) is 0 Å². The fourth-order valence-electron chi connectivity index (χ4n) is 3.21. The zero-order valence-electron chi connectivity index (χ0n) is 16.1. The molecule has 2 aliphatic rings. The van der Waals surface area contributed by atoms with Crippen LogP contribution in [0.25, 0.3) is 0 Å². The van der Waals surface area contributed by atoms with Crippen LogP contribution in [0.5, 0.6) is 0 Å². The van der Waals surface area contributed by atoms with Crippen molar-refractivity contribution in [3.8, 4) is 0 Å². The first-order valence-electron chi connectivity index (χ1n) is 9.29. The number of carbonyl (C=O) groups excluding carboxylic acids is 2. The van der Waals surface area contributed by atoms with E-state index in [1.807, 2.05) is 0 Å². The zero-order valence-corrected chi connectivity index (χ0v) is 16.9. The first-order chi connectivity index (χ1) is 13.3. The topological polar surface area (TPSA) is 102 Å². The molecule has 0 radical (unpaired) electrons. The fourth-order valence-corrected chi connectivity index (χ4v) is 4.67. The maximum absolute atomic E-state index is 12.9. The SMILES string of the molecule is CCN1CCN(S(=O)(=O)c2cccc(NC(=O)C3=NN(C)C(=O)CC3)c2)CC1. The molecule has 1 saturated heterocycles. The second-order valence-electron chi connectivity index (χ2n) is 6.78. The van der Waals surface area contributed by atoms with Crippen molar-refractivity contribution in [3.05, 3.63) is 24.3 Å². The summed E-state index contributed by atoms with van der Waals surface area (Å²) in [6.07, 6.45) is 0.482. The van der Waals surface area contributed by atoms with Crippen LogP contribution in [0.4, 0.5) is 5.69 Å². The van der Waals surface area contributed by atoms with Crippen molar-refractivity contribution >= 4 is 33.2 Å². The number of benzene rings is 1. The molecule has 0 aliphatic carbocycles. The molecule has 1 fully saturated rings. The normalized spacial score (nSPS) is 19.4. The molecule has 2 aliphatic heterocycles. The third-order valence-corrected chi connectivity index (χ3v) is 6.87. The van der Waals surface area contributed by atoms with E-state index in [0.717, 1.165) is 11.6 Å². The van der Waals surface area contributed by atoms with Crippen LogP contribution in [-0.4, -0.2) is 79.9 Å². The van der Waals surface area contributed by atoms with Gasteiger partial charge in [0.1, 0.15) is 5.71 Å². The number of amides is 2. The molecule has 10 heteroatoms. The van der Waals surface area contributed by atoms with Crippen LogP contribution >= 0.6 is 0 Å². The van der Waals surface area contributed by atoms with Crippen molar-refractivity contribution in [3.63, 3.8) is 0 Å². The summed E-state index contributed by atoms with van der Waals surface area (Å²) < 4.78 is 27.3. The van der Waals surface area contributed by atoms with Gasteiger partial charge in [0, 0.05) is 51.8 Å². The lowest BCUT2D eigenvalue weighted by Crippen LogP contribution is -2.48. The molecule has 3 rings (SSSR count). The van der Waals surface area contributed by atoms with Gasteiger partial charge in [-0.1, -0.05) is 13.0 Å². The smallest absolute Gasteiger partial charge is 0.271 e. The minimum atomic E-state index is -3.62. The van der Waals surface area contributed by atoms with E-state index >= 15 is 0 Å². The van der Waals surface area contributed by atoms with Crippen LogP contribution in [0, 0.1) is 0 Å². The van der Waals surface area contributed by atoms with Gasteiger partial charge in [-0.25, -0.2) is 13.4 Å². The summed E-state index contributed by atoms with van der Waals surface area (Å²) in [6.45, 7) is 5.27. The molecule has 152 valence electrons. The predicted molar refractivity (Wildman–Crippen MR) is 105 cm³/mol. The maximum Gasteiger partial charge on any atom is 0.271 e. The Hall–Kier alpha value is -2.30. The Morgan fingerprint density at radius 1 is 1.18 bits per heavy atom. The summed E-state index contributed by atoms with van der Waals surface area (Å²) in [5.41, 5.74) is 0.617. The Labute approximate surface area is 165 Å². The number of piperazine rings is 1. The number of rotatable bonds is 5. The maximum atomic E-state index is 12.9. The van der Waals surface area contributed by atoms with E-state index in [1.165, 1.54) is 23.5 Å². The lowest BCUT2D eigenvalue weighted by atomic mass is 10.1. The van der Waals surface area contributed by atoms with Crippen molar-refractivity contribution in [2.24, 2.45) is 5.10 Å². The number of nitrogens with zero attached hydrogens (tertiary/aromatic N) is 4. The average Bonchev–Trinajstić information content (AvgIpc) is 2.70. The predicted octanol–water partition coefficient (Wildman–Crippen LogP) is 0.559. The highest BCUT2D eigenvalue weighted by molar-refractivity contribution is 7.89. The summed E-state index contributed by atoms with van der Waals surface area (Å²) in [7, 11) is -2.12. The third-order valence-electron chi connectivity index (χ3n) is 4.98. The van der Waals surface area contributed by atoms with Gasteiger partial charge < -0.3 is 10.2 Å². The first-order valence-corrected chi connectivity index (χ1v) is 10.7. The van der Waals surface area contributed by atoms with E-state index in [0.29, 0.717) is 31.9 Å². The van der Waals surface area contributed by atoms with Crippen molar-refractivity contribution < 1.29 is 18.0 Å². The Balaban J connectivity index is 1.72. The summed E-state index contributed by atoms with van der Waals surface area (Å²) in [5, 5.41) is 7.80. The van der Waals surface area contributed by atoms with Gasteiger partial charge in [-0.2, -0.15) is 9.41 Å². The molecule has 0 bridgehead atoms. The molecule has 2 heterocycles. The Morgan fingerprint density at radius 3 is 2.54 bits per heavy atom. The molecule has 0 spiro atoms. The summed E-state index contributed by atoms with van der Waals surface area (Å²) >= 11 is 0. The van der Waals surface area contributed by atoms with Crippen LogP contribution in [0.15, 0.2) is 34.3 Å². The molecule has 0 atom stereocenters. The van der Waals surface area contributed by atoms with Crippen LogP contribution in [0.1, 0.15) is 19.8 Å². The molecule has 28 heavy (non-hydrogen) atoms. The Morgan fingerprint density at radius 2 is 1.89 bits per heavy atom. The number of hydrogen-bond donors (Lipinski definition) is 1. The van der Waals surface area contributed by atoms with E-state index in [-0.39, 0.29) is 29.4 Å². The largest absolute Gasteiger partial charge is 0.321 e. The second-order valence-corrected chi connectivity index (χ2v) is 8.72. The number of anilines is 1. The molecular formula is C18H25N5O4S. The number of hydrogen-bond acceptors (Lipinski definition) is 6. The van der Waals surface area contributed by atoms with Gasteiger partial charge in [-0.15, -0.1) is 0 Å². The minimum absolute atomic E-state index is 0.146. The summed E-state index contributed by atoms with van der Waals surface area (Å²) in [5.74, 6) is -0.585. The second kappa shape index (κ2) is 8.38. The van der Waals surface area contributed by atoms with Crippen LogP contribution in [0.3, 0.4) is 0 Å². The highest BCUT2D eigenvalue weighted by atomic mass is 32.2. The van der Waals surface area contributed by atoms with E-state index < -0.39 is 15.9 Å². The van der Waals surface area contributed by atoms with E-state index in [4.69, 9.17) is 0 Å². The number of sulfonamides is 1. The van der Waals surface area contributed by atoms with Crippen molar-refractivity contribution in [2.45, 2.75) is 24.7 Å². The molecule has 0 aromatic heterocycles. The van der Waals surface area contributed by atoms with Crippen LogP contribution in [-0.2, 0) is 19.6 Å². The van der Waals surface area contributed by atoms with Crippen molar-refractivity contribution in [2.75, 3.05) is 45.1 Å². The number of carbonyl (C=O) groups is 2. The monoisotopic (exact) mass is 407 g/mol. The van der Waals surface area contributed by atoms with Gasteiger partial charge >= 0.3 is 0 Å². The van der Waals surface area contributed by atoms with E-state index in [2.05, 4.69) is 22.2 Å². The number of nitrogens with one attached hydrogen (secondary N) is 1. The minimum Gasteiger partial charge on any atom is -0.321 e. The lowest BCUT2D eigenvalue weighted by Gasteiger charge is -2.33. The Kier molecular flexibility index (Phi) is 6.11. The van der Waals surface area contributed by atoms with Crippen LogP contribution < -0.4 is 5.32 Å². The summed E-state index contributed by atoms with van der Waals surface area (Å²) in [6, 6.07) is 6.22. The molecule has 1 aromatic carbocycles. The third kappa shape index (κ3) is 4.40. The lowest BCUT2D eigenvalue weighted by molar-refractivity contribution is -0.130. The van der Waals surface area contributed by atoms with Gasteiger partial charge in [-0.3, -0.25) is 9.59 Å². The summed E-state index contributed by atoms with van der Waals surface area (Å²) in [4.78, 5) is 26.2. The standard InChI is InChI=1S/C18H25N5O4S/c1-3-22-9-11-23(12-10-22)28(26,27)15-6-4-5-14(13-15)19-18(25)16-7-8-17(24)21(2)20-16/h4-6,13H,3,7-12H2,1-2H3,(H,19,25).